The number of aromatic nitrogens is 15. The molecule has 0 aliphatic carbocycles. The van der Waals surface area contributed by atoms with E-state index in [2.05, 4.69) is 243 Å². The predicted octanol–water partition coefficient (Wildman–Crippen LogP) is 32.7. The van der Waals surface area contributed by atoms with Crippen LogP contribution in [-0.4, -0.2) is 74.8 Å². The van der Waals surface area contributed by atoms with Gasteiger partial charge in [-0.15, -0.1) is 0 Å². The average Bonchev–Trinajstić information content (AvgIpc) is 0.808. The molecule has 15 heteroatoms. The van der Waals surface area contributed by atoms with E-state index in [1.54, 1.807) is 0 Å². The molecule has 20 aromatic carbocycles. The monoisotopic (exact) mass is 1920 g/mol. The molecule has 25 rings (SSSR count). The summed E-state index contributed by atoms with van der Waals surface area (Å²) in [4.78, 5) is 73.8. The highest BCUT2D eigenvalue weighted by Gasteiger charge is 2.22. The number of hydrogen-bond donors (Lipinski definition) is 0. The number of nitrogens with zero attached hydrogens (tertiary/aromatic N) is 15. The van der Waals surface area contributed by atoms with Crippen LogP contribution in [-0.2, 0) is 0 Å². The van der Waals surface area contributed by atoms with Gasteiger partial charge in [0.2, 0.25) is 0 Å². The molecule has 0 saturated heterocycles. The van der Waals surface area contributed by atoms with Crippen molar-refractivity contribution in [2.75, 3.05) is 0 Å². The average molecular weight is 1920 g/mol. The van der Waals surface area contributed by atoms with E-state index >= 15 is 0 Å². The molecule has 0 aliphatic heterocycles. The molecule has 150 heavy (non-hydrogen) atoms. The number of rotatable bonds is 22. The molecular weight excluding hydrogens is 1830 g/mol. The Balaban J connectivity index is 0.000000124. The molecule has 15 nitrogen and oxygen atoms in total. The molecular formula is C135H91N15. The second kappa shape index (κ2) is 44.1. The van der Waals surface area contributed by atoms with Crippen molar-refractivity contribution in [3.05, 3.63) is 552 Å². The van der Waals surface area contributed by atoms with Crippen LogP contribution < -0.4 is 0 Å². The van der Waals surface area contributed by atoms with Crippen molar-refractivity contribution in [3.63, 3.8) is 0 Å². The van der Waals surface area contributed by atoms with Crippen molar-refractivity contribution in [3.8, 4) is 249 Å². The van der Waals surface area contributed by atoms with Crippen molar-refractivity contribution < 1.29 is 0 Å². The zero-order valence-corrected chi connectivity index (χ0v) is 81.2. The minimum Gasteiger partial charge on any atom is -0.208 e. The Morgan fingerprint density at radius 1 is 0.0600 bits per heavy atom. The van der Waals surface area contributed by atoms with E-state index in [0.717, 1.165) is 134 Å². The van der Waals surface area contributed by atoms with E-state index < -0.39 is 0 Å². The minimum absolute atomic E-state index is 0.609. The Bertz CT molecular complexity index is 8410. The van der Waals surface area contributed by atoms with Gasteiger partial charge in [-0.3, -0.25) is 0 Å². The van der Waals surface area contributed by atoms with Crippen LogP contribution in [0.2, 0.25) is 0 Å². The zero-order valence-electron chi connectivity index (χ0n) is 81.2. The fraction of sp³-hybridized carbons (Fsp3) is 0. The van der Waals surface area contributed by atoms with Gasteiger partial charge < -0.3 is 0 Å². The Labute approximate surface area is 869 Å². The minimum atomic E-state index is 0.609. The lowest BCUT2D eigenvalue weighted by Crippen LogP contribution is -2.00. The maximum absolute atomic E-state index is 5.01. The summed E-state index contributed by atoms with van der Waals surface area (Å²) in [5.74, 6) is 9.45. The number of hydrogen-bond acceptors (Lipinski definition) is 15. The van der Waals surface area contributed by atoms with Gasteiger partial charge in [0.25, 0.3) is 0 Å². The number of benzene rings is 20. The van der Waals surface area contributed by atoms with E-state index in [1.807, 2.05) is 309 Å². The van der Waals surface area contributed by atoms with Gasteiger partial charge in [-0.1, -0.05) is 510 Å². The van der Waals surface area contributed by atoms with Crippen LogP contribution >= 0.6 is 0 Å². The summed E-state index contributed by atoms with van der Waals surface area (Å²) in [5, 5.41) is 0. The highest BCUT2D eigenvalue weighted by molar-refractivity contribution is 5.84. The van der Waals surface area contributed by atoms with Gasteiger partial charge in [0.1, 0.15) is 0 Å². The van der Waals surface area contributed by atoms with Crippen LogP contribution in [0.4, 0.5) is 0 Å². The lowest BCUT2D eigenvalue weighted by molar-refractivity contribution is 1.07. The maximum atomic E-state index is 5.01. The van der Waals surface area contributed by atoms with E-state index in [-0.39, 0.29) is 0 Å². The summed E-state index contributed by atoms with van der Waals surface area (Å²) in [6, 6.07) is 187. The Morgan fingerprint density at radius 2 is 0.140 bits per heavy atom. The molecule has 0 radical (unpaired) electrons. The third kappa shape index (κ3) is 21.8. The lowest BCUT2D eigenvalue weighted by atomic mass is 9.96. The largest absolute Gasteiger partial charge is 0.208 e. The van der Waals surface area contributed by atoms with Crippen molar-refractivity contribution in [1.82, 2.24) is 74.8 Å². The standard InChI is InChI=1S/C48H32N6.C45H31N3.C42H28N6/c1-5-16-33(17-6-1)43-49-44(34-18-7-2-8-19-34)52-47(51-43)41-28-14-26-39(31-41)37-24-13-25-38(30-37)40-27-15-29-42(32-40)48-53-45(35-20-9-3-10-21-35)50-46(54-48)36-22-11-4-12-23-36;1-4-12-32(13-5-1)34-22-24-36(25-23-34)39-18-10-19-40(30-39)41-20-11-21-42(31-41)45-47-43(37-16-8-3-9-17-37)46-44(48-45)38-28-26-35(27-29-38)33-14-6-2-7-15-33;1-5-15-29(16-6-1)37-43-38(30-17-7-2-8-18-30)46-41(45-37)35-25-13-23-33(27-35)34-24-14-26-36(28-34)42-47-39(31-19-9-3-10-20-31)44-40(48-42)32-21-11-4-12-22-32/h1-32H;1-31H;1-28H. The summed E-state index contributed by atoms with van der Waals surface area (Å²) in [5.41, 5.74) is 29.6. The van der Waals surface area contributed by atoms with Crippen molar-refractivity contribution in [1.29, 1.82) is 0 Å². The van der Waals surface area contributed by atoms with Crippen LogP contribution in [0.25, 0.3) is 249 Å². The molecule has 0 fully saturated rings. The summed E-state index contributed by atoms with van der Waals surface area (Å²) in [6.45, 7) is 0. The maximum Gasteiger partial charge on any atom is 0.164 e. The fourth-order valence-electron chi connectivity index (χ4n) is 18.0. The SMILES string of the molecule is c1ccc(-c2ccc(-c3cccc(-c4cccc(-c5nc(-c6ccccc6)nc(-c6ccc(-c7ccccc7)cc6)n5)c4)c3)cc2)cc1.c1ccc(-c2nc(-c3ccccc3)nc(-c3cccc(-c4cccc(-c5cccc(-c6nc(-c7ccccc7)nc(-c7ccccc7)n6)c5)c4)c3)n2)cc1.c1ccc(-c2nc(-c3ccccc3)nc(-c3cccc(-c4cccc(-c5nc(-c6ccccc6)nc(-c6ccccc6)n5)c4)c3)n2)cc1. The first kappa shape index (κ1) is 93.1. The van der Waals surface area contributed by atoms with Crippen molar-refractivity contribution in [2.24, 2.45) is 0 Å². The highest BCUT2D eigenvalue weighted by atomic mass is 15.1. The molecule has 0 unspecified atom stereocenters. The second-order valence-electron chi connectivity index (χ2n) is 35.8. The molecule has 0 spiro atoms. The topological polar surface area (TPSA) is 193 Å². The normalized spacial score (nSPS) is 10.9. The van der Waals surface area contributed by atoms with Gasteiger partial charge in [0.15, 0.2) is 87.4 Å². The van der Waals surface area contributed by atoms with Gasteiger partial charge >= 0.3 is 0 Å². The Kier molecular flexibility index (Phi) is 27.4. The van der Waals surface area contributed by atoms with Crippen LogP contribution in [0.15, 0.2) is 552 Å². The Hall–Kier alpha value is -20.6. The quantitative estimate of drug-likeness (QED) is 0.0621. The van der Waals surface area contributed by atoms with Gasteiger partial charge in [0, 0.05) is 83.5 Å². The first-order valence-electron chi connectivity index (χ1n) is 49.6. The van der Waals surface area contributed by atoms with Gasteiger partial charge in [-0.25, -0.2) is 74.8 Å². The van der Waals surface area contributed by atoms with Crippen molar-refractivity contribution >= 4 is 0 Å². The predicted molar refractivity (Wildman–Crippen MR) is 606 cm³/mol. The summed E-state index contributed by atoms with van der Waals surface area (Å²) < 4.78 is 0. The smallest absolute Gasteiger partial charge is 0.164 e. The fourth-order valence-corrected chi connectivity index (χ4v) is 18.0. The molecule has 0 atom stereocenters. The Morgan fingerprint density at radius 3 is 0.287 bits per heavy atom. The molecule has 5 aromatic heterocycles. The second-order valence-corrected chi connectivity index (χ2v) is 35.8. The molecule has 706 valence electrons. The van der Waals surface area contributed by atoms with Crippen LogP contribution in [0.1, 0.15) is 0 Å². The van der Waals surface area contributed by atoms with Gasteiger partial charge in [-0.2, -0.15) is 0 Å². The first-order chi connectivity index (χ1) is 74.3. The molecule has 0 amide bonds. The van der Waals surface area contributed by atoms with Gasteiger partial charge in [0.05, 0.1) is 0 Å². The van der Waals surface area contributed by atoms with Crippen LogP contribution in [0.5, 0.6) is 0 Å². The molecule has 0 N–H and O–H groups in total. The summed E-state index contributed by atoms with van der Waals surface area (Å²) in [6.07, 6.45) is 0. The molecule has 0 saturated carbocycles. The third-order valence-electron chi connectivity index (χ3n) is 25.7. The summed E-state index contributed by atoms with van der Waals surface area (Å²) >= 11 is 0. The zero-order chi connectivity index (χ0) is 100. The van der Waals surface area contributed by atoms with E-state index in [0.29, 0.717) is 87.4 Å². The highest BCUT2D eigenvalue weighted by Crippen LogP contribution is 2.40. The third-order valence-corrected chi connectivity index (χ3v) is 25.7. The summed E-state index contributed by atoms with van der Waals surface area (Å²) in [7, 11) is 0. The van der Waals surface area contributed by atoms with Crippen molar-refractivity contribution in [2.45, 2.75) is 0 Å². The molecule has 0 bridgehead atoms. The van der Waals surface area contributed by atoms with Crippen LogP contribution in [0, 0.1) is 0 Å². The molecule has 25 aromatic rings. The first-order valence-corrected chi connectivity index (χ1v) is 49.6. The van der Waals surface area contributed by atoms with E-state index in [4.69, 9.17) is 74.8 Å². The van der Waals surface area contributed by atoms with E-state index in [1.165, 1.54) is 27.8 Å². The van der Waals surface area contributed by atoms with Gasteiger partial charge in [-0.05, 0) is 120 Å². The molecule has 0 aliphatic rings. The van der Waals surface area contributed by atoms with E-state index in [9.17, 15) is 0 Å². The van der Waals surface area contributed by atoms with Crippen LogP contribution in [0.3, 0.4) is 0 Å². The lowest BCUT2D eigenvalue weighted by Gasteiger charge is -2.11. The molecule has 5 heterocycles.